The van der Waals surface area contributed by atoms with Crippen molar-refractivity contribution in [2.75, 3.05) is 13.1 Å². The maximum atomic E-state index is 13.7. The van der Waals surface area contributed by atoms with E-state index in [0.717, 1.165) is 28.5 Å². The molecular weight excluding hydrogens is 711 g/mol. The van der Waals surface area contributed by atoms with Gasteiger partial charge in [0.15, 0.2) is 0 Å². The van der Waals surface area contributed by atoms with Crippen LogP contribution in [0.15, 0.2) is 0 Å². The van der Waals surface area contributed by atoms with Crippen LogP contribution in [0.4, 0.5) is 0 Å². The second kappa shape index (κ2) is 20.1. The molecule has 0 radical (unpaired) electrons. The first-order valence-electron chi connectivity index (χ1n) is 16.1. The molecule has 0 spiro atoms. The molecule has 0 aromatic heterocycles. The van der Waals surface area contributed by atoms with Crippen LogP contribution in [0.25, 0.3) is 0 Å². The molecule has 0 aliphatic carbocycles. The highest BCUT2D eigenvalue weighted by atomic mass is 33.1. The van der Waals surface area contributed by atoms with Crippen LogP contribution in [-0.4, -0.2) is 117 Å². The average Bonchev–Trinajstić information content (AvgIpc) is 3.00. The molecule has 0 bridgehead atoms. The minimum atomic E-state index is -1.68. The zero-order valence-corrected chi connectivity index (χ0v) is 31.4. The molecule has 0 aromatic carbocycles. The van der Waals surface area contributed by atoms with Crippen LogP contribution < -0.4 is 48.7 Å². The largest absolute Gasteiger partial charge is 0.391 e. The second-order valence-corrected chi connectivity index (χ2v) is 16.6. The summed E-state index contributed by atoms with van der Waals surface area (Å²) < 4.78 is -2.37. The summed E-state index contributed by atoms with van der Waals surface area (Å²) in [6.07, 6.45) is -1.40. The molecule has 1 heterocycles. The van der Waals surface area contributed by atoms with Gasteiger partial charge < -0.3 is 53.8 Å². The summed E-state index contributed by atoms with van der Waals surface area (Å²) >= 11 is 0. The van der Waals surface area contributed by atoms with E-state index in [0.29, 0.717) is 19.4 Å². The third kappa shape index (κ3) is 15.3. The number of primary amides is 2. The van der Waals surface area contributed by atoms with E-state index in [1.165, 1.54) is 13.8 Å². The maximum Gasteiger partial charge on any atom is 0.245 e. The molecule has 288 valence electrons. The Balaban J connectivity index is 3.65. The summed E-state index contributed by atoms with van der Waals surface area (Å²) in [6.45, 7) is 9.68. The molecule has 0 aromatic rings. The fourth-order valence-corrected chi connectivity index (χ4v) is 7.58. The van der Waals surface area contributed by atoms with Gasteiger partial charge in [0.05, 0.1) is 19.1 Å². The van der Waals surface area contributed by atoms with Crippen molar-refractivity contribution in [2.24, 2.45) is 11.5 Å². The Bertz CT molecular complexity index is 1340. The molecule has 0 unspecified atom stereocenters. The molecule has 1 aliphatic rings. The van der Waals surface area contributed by atoms with Crippen LogP contribution in [0.3, 0.4) is 0 Å². The number of amides is 9. The van der Waals surface area contributed by atoms with Crippen molar-refractivity contribution in [3.05, 3.63) is 0 Å². The van der Waals surface area contributed by atoms with Crippen molar-refractivity contribution in [2.45, 2.75) is 120 Å². The van der Waals surface area contributed by atoms with E-state index in [4.69, 9.17) is 11.5 Å². The van der Waals surface area contributed by atoms with Crippen LogP contribution >= 0.6 is 21.6 Å². The fraction of sp³-hybridized carbons (Fsp3) is 0.700. The van der Waals surface area contributed by atoms with Crippen LogP contribution in [0, 0.1) is 0 Å². The smallest absolute Gasteiger partial charge is 0.245 e. The Hall–Kier alpha value is -4.11. The lowest BCUT2D eigenvalue weighted by atomic mass is 10.0. The maximum absolute atomic E-state index is 13.7. The van der Waals surface area contributed by atoms with Gasteiger partial charge in [0.2, 0.25) is 53.2 Å². The molecular formula is C30H51N9O10S2. The fourth-order valence-electron chi connectivity index (χ4n) is 4.75. The molecule has 21 heteroatoms. The van der Waals surface area contributed by atoms with Gasteiger partial charge in [0.25, 0.3) is 0 Å². The minimum absolute atomic E-state index is 0.0626. The number of aliphatic hydroxyl groups excluding tert-OH is 1. The highest BCUT2D eigenvalue weighted by molar-refractivity contribution is 8.77. The van der Waals surface area contributed by atoms with Crippen molar-refractivity contribution in [1.82, 2.24) is 37.2 Å². The van der Waals surface area contributed by atoms with Gasteiger partial charge in [0.1, 0.15) is 30.2 Å². The van der Waals surface area contributed by atoms with Gasteiger partial charge in [-0.05, 0) is 53.9 Å². The van der Waals surface area contributed by atoms with Crippen LogP contribution in [0.2, 0.25) is 0 Å². The Morgan fingerprint density at radius 1 is 0.824 bits per heavy atom. The standard InChI is InChI=1S/C30H51N9O10S2/c1-14(40)21-27(48)34-13-20(44)36-17(10-8-9-11-33-15(2)41)25(46)39-22(24(32)45)29(4,5)50-51-30(6,7)23(35-16(3)42)28(49)37-18(12-19(31)43)26(47)38-21/h14,17-18,21-23,40H,8-13H2,1-7H3,(H2,31,43)(H2,32,45)(H,33,41)(H,34,48)(H,35,42)(H,36,44)(H,37,49)(H,38,47)(H,39,46)/t14-,17+,18+,21+,22-,23-/m1/s1. The predicted molar refractivity (Wildman–Crippen MR) is 189 cm³/mol. The van der Waals surface area contributed by atoms with Gasteiger partial charge in [-0.1, -0.05) is 21.6 Å². The number of aliphatic hydroxyl groups is 1. The summed E-state index contributed by atoms with van der Waals surface area (Å²) in [5.74, 6) is -7.38. The van der Waals surface area contributed by atoms with E-state index in [9.17, 15) is 48.3 Å². The molecule has 1 rings (SSSR count). The van der Waals surface area contributed by atoms with Crippen molar-refractivity contribution in [1.29, 1.82) is 0 Å². The van der Waals surface area contributed by atoms with Crippen LogP contribution in [0.1, 0.15) is 74.1 Å². The Kier molecular flexibility index (Phi) is 17.7. The van der Waals surface area contributed by atoms with Gasteiger partial charge in [-0.2, -0.15) is 0 Å². The van der Waals surface area contributed by atoms with Gasteiger partial charge in [-0.15, -0.1) is 0 Å². The first kappa shape index (κ1) is 44.9. The third-order valence-corrected chi connectivity index (χ3v) is 11.8. The van der Waals surface area contributed by atoms with Crippen molar-refractivity contribution in [3.63, 3.8) is 0 Å². The summed E-state index contributed by atoms with van der Waals surface area (Å²) in [7, 11) is 2.12. The van der Waals surface area contributed by atoms with E-state index in [2.05, 4.69) is 37.2 Å². The molecule has 6 atom stereocenters. The quantitative estimate of drug-likeness (QED) is 0.0768. The average molecular weight is 762 g/mol. The number of hydrogen-bond acceptors (Lipinski definition) is 12. The molecule has 1 aliphatic heterocycles. The van der Waals surface area contributed by atoms with E-state index in [-0.39, 0.29) is 12.3 Å². The predicted octanol–water partition coefficient (Wildman–Crippen LogP) is -3.45. The highest BCUT2D eigenvalue weighted by Gasteiger charge is 2.44. The molecule has 9 amide bonds. The van der Waals surface area contributed by atoms with Crippen molar-refractivity contribution < 1.29 is 48.3 Å². The first-order chi connectivity index (χ1) is 23.5. The first-order valence-corrected chi connectivity index (χ1v) is 18.3. The number of carbonyl (C=O) groups excluding carboxylic acids is 9. The number of nitrogens with one attached hydrogen (secondary N) is 7. The lowest BCUT2D eigenvalue weighted by Crippen LogP contribution is -2.62. The van der Waals surface area contributed by atoms with Gasteiger partial charge in [0, 0.05) is 29.9 Å². The summed E-state index contributed by atoms with van der Waals surface area (Å²) in [5.41, 5.74) is 11.1. The zero-order chi connectivity index (χ0) is 39.3. The lowest BCUT2D eigenvalue weighted by molar-refractivity contribution is -0.136. The molecule has 12 N–H and O–H groups in total. The molecule has 51 heavy (non-hydrogen) atoms. The van der Waals surface area contributed by atoms with E-state index in [1.54, 1.807) is 27.7 Å². The monoisotopic (exact) mass is 761 g/mol. The van der Waals surface area contributed by atoms with E-state index < -0.39 is 106 Å². The number of rotatable bonds is 10. The normalized spacial score (nSPS) is 25.7. The topological polar surface area (TPSA) is 310 Å². The van der Waals surface area contributed by atoms with Crippen molar-refractivity contribution >= 4 is 74.8 Å². The lowest BCUT2D eigenvalue weighted by Gasteiger charge is -2.38. The minimum Gasteiger partial charge on any atom is -0.391 e. The summed E-state index contributed by atoms with van der Waals surface area (Å²) in [4.78, 5) is 115. The number of nitrogens with two attached hydrogens (primary N) is 2. The SMILES string of the molecule is CC(=O)NCCCC[C@@H]1NC(=O)CNC(=O)[C@H]([C@@H](C)O)NC(=O)[C@H](CC(N)=O)NC(=O)[C@@H](NC(C)=O)C(C)(C)SSC(C)(C)[C@@H](C(N)=O)NC1=O. The van der Waals surface area contributed by atoms with E-state index >= 15 is 0 Å². The Morgan fingerprint density at radius 2 is 1.41 bits per heavy atom. The Morgan fingerprint density at radius 3 is 1.94 bits per heavy atom. The van der Waals surface area contributed by atoms with Gasteiger partial charge >= 0.3 is 0 Å². The van der Waals surface area contributed by atoms with Gasteiger partial charge in [-0.25, -0.2) is 0 Å². The number of carbonyl (C=O) groups is 9. The Labute approximate surface area is 304 Å². The van der Waals surface area contributed by atoms with Gasteiger partial charge in [-0.3, -0.25) is 43.2 Å². The van der Waals surface area contributed by atoms with Crippen LogP contribution in [-0.2, 0) is 43.2 Å². The summed E-state index contributed by atoms with van der Waals surface area (Å²) in [5, 5.41) is 27.5. The number of unbranched alkanes of at least 4 members (excludes halogenated alkanes) is 1. The van der Waals surface area contributed by atoms with E-state index in [1.807, 2.05) is 0 Å². The number of hydrogen-bond donors (Lipinski definition) is 10. The molecule has 19 nitrogen and oxygen atoms in total. The molecule has 0 saturated carbocycles. The highest BCUT2D eigenvalue weighted by Crippen LogP contribution is 2.46. The third-order valence-electron chi connectivity index (χ3n) is 7.51. The second-order valence-electron chi connectivity index (χ2n) is 13.1. The zero-order valence-electron chi connectivity index (χ0n) is 29.8. The molecule has 1 fully saturated rings. The van der Waals surface area contributed by atoms with Crippen molar-refractivity contribution in [3.8, 4) is 0 Å². The molecule has 1 saturated heterocycles. The van der Waals surface area contributed by atoms with Crippen LogP contribution in [0.5, 0.6) is 0 Å². The summed E-state index contributed by atoms with van der Waals surface area (Å²) in [6, 6.07) is -7.24.